The van der Waals surface area contributed by atoms with Crippen LogP contribution >= 0.6 is 0 Å². The third-order valence-corrected chi connectivity index (χ3v) is 5.97. The van der Waals surface area contributed by atoms with Crippen molar-refractivity contribution in [2.45, 2.75) is 11.8 Å². The monoisotopic (exact) mass is 341 g/mol. The Morgan fingerprint density at radius 1 is 1.22 bits per heavy atom. The number of benzene rings is 1. The molecular formula is C15H23N3O4S. The van der Waals surface area contributed by atoms with Crippen LogP contribution in [0, 0.1) is 0 Å². The Morgan fingerprint density at radius 3 is 2.30 bits per heavy atom. The molecule has 1 N–H and O–H groups in total. The lowest BCUT2D eigenvalue weighted by molar-refractivity contribution is 0.0696. The number of anilines is 1. The SMILES string of the molecule is CCN1CCN(c2ccc(C(=O)O)cc2S(=O)(=O)N(C)C)CC1. The van der Waals surface area contributed by atoms with Crippen LogP contribution in [0.1, 0.15) is 17.3 Å². The molecule has 0 saturated carbocycles. The first-order valence-corrected chi connectivity index (χ1v) is 8.98. The molecule has 7 nitrogen and oxygen atoms in total. The molecule has 1 aromatic carbocycles. The van der Waals surface area contributed by atoms with Gasteiger partial charge in [-0.1, -0.05) is 6.92 Å². The van der Waals surface area contributed by atoms with Gasteiger partial charge in [0.25, 0.3) is 0 Å². The third kappa shape index (κ3) is 3.65. The van der Waals surface area contributed by atoms with Crippen LogP contribution in [0.25, 0.3) is 0 Å². The maximum absolute atomic E-state index is 12.6. The molecule has 2 rings (SSSR count). The van der Waals surface area contributed by atoms with E-state index in [1.807, 2.05) is 4.90 Å². The van der Waals surface area contributed by atoms with Gasteiger partial charge in [0, 0.05) is 40.3 Å². The highest BCUT2D eigenvalue weighted by atomic mass is 32.2. The predicted octanol–water partition coefficient (Wildman–Crippen LogP) is 0.777. The molecule has 8 heteroatoms. The molecule has 1 aromatic rings. The minimum Gasteiger partial charge on any atom is -0.478 e. The number of hydrogen-bond acceptors (Lipinski definition) is 5. The van der Waals surface area contributed by atoms with Crippen LogP contribution < -0.4 is 4.90 Å². The Balaban J connectivity index is 2.45. The maximum atomic E-state index is 12.6. The van der Waals surface area contributed by atoms with Gasteiger partial charge in [-0.3, -0.25) is 0 Å². The summed E-state index contributed by atoms with van der Waals surface area (Å²) in [6, 6.07) is 4.30. The van der Waals surface area contributed by atoms with Crippen LogP contribution in [0.15, 0.2) is 23.1 Å². The topological polar surface area (TPSA) is 81.2 Å². The second kappa shape index (κ2) is 6.86. The van der Waals surface area contributed by atoms with E-state index in [1.54, 1.807) is 6.07 Å². The van der Waals surface area contributed by atoms with E-state index in [-0.39, 0.29) is 10.5 Å². The number of hydrogen-bond donors (Lipinski definition) is 1. The number of piperazine rings is 1. The van der Waals surface area contributed by atoms with Gasteiger partial charge in [0.1, 0.15) is 4.90 Å². The zero-order valence-corrected chi connectivity index (χ0v) is 14.5. The fourth-order valence-electron chi connectivity index (χ4n) is 2.62. The molecule has 128 valence electrons. The minimum atomic E-state index is -3.72. The van der Waals surface area contributed by atoms with Crippen molar-refractivity contribution >= 4 is 21.7 Å². The van der Waals surface area contributed by atoms with Crippen molar-refractivity contribution in [2.24, 2.45) is 0 Å². The Kier molecular flexibility index (Phi) is 5.28. The van der Waals surface area contributed by atoms with Crippen LogP contribution in [0.3, 0.4) is 0 Å². The van der Waals surface area contributed by atoms with Crippen molar-refractivity contribution in [3.05, 3.63) is 23.8 Å². The third-order valence-electron chi connectivity index (χ3n) is 4.13. The molecule has 0 bridgehead atoms. The first kappa shape index (κ1) is 17.7. The number of carbonyl (C=O) groups is 1. The lowest BCUT2D eigenvalue weighted by Gasteiger charge is -2.36. The summed E-state index contributed by atoms with van der Waals surface area (Å²) in [5.41, 5.74) is 0.542. The molecule has 1 aliphatic rings. The number of aromatic carboxylic acids is 1. The van der Waals surface area contributed by atoms with Crippen molar-refractivity contribution < 1.29 is 18.3 Å². The van der Waals surface area contributed by atoms with Gasteiger partial charge in [-0.15, -0.1) is 0 Å². The molecule has 0 unspecified atom stereocenters. The smallest absolute Gasteiger partial charge is 0.335 e. The molecule has 0 aromatic heterocycles. The van der Waals surface area contributed by atoms with Gasteiger partial charge < -0.3 is 14.9 Å². The van der Waals surface area contributed by atoms with Gasteiger partial charge in [-0.2, -0.15) is 0 Å². The van der Waals surface area contributed by atoms with E-state index in [0.29, 0.717) is 5.69 Å². The Labute approximate surface area is 137 Å². The van der Waals surface area contributed by atoms with E-state index in [4.69, 9.17) is 5.11 Å². The van der Waals surface area contributed by atoms with Gasteiger partial charge >= 0.3 is 5.97 Å². The minimum absolute atomic E-state index is 0.0265. The van der Waals surface area contributed by atoms with E-state index in [1.165, 1.54) is 26.2 Å². The van der Waals surface area contributed by atoms with E-state index in [0.717, 1.165) is 37.0 Å². The normalized spacial score (nSPS) is 16.8. The van der Waals surface area contributed by atoms with Gasteiger partial charge in [0.2, 0.25) is 10.0 Å². The number of carboxylic acids is 1. The van der Waals surface area contributed by atoms with Crippen LogP contribution in [0.5, 0.6) is 0 Å². The highest BCUT2D eigenvalue weighted by Crippen LogP contribution is 2.29. The van der Waals surface area contributed by atoms with Crippen LogP contribution in [-0.4, -0.2) is 75.5 Å². The molecule has 23 heavy (non-hydrogen) atoms. The molecule has 0 radical (unpaired) electrons. The highest BCUT2D eigenvalue weighted by molar-refractivity contribution is 7.89. The Hall–Kier alpha value is -1.64. The number of likely N-dealkylation sites (N-methyl/N-ethyl adjacent to an activating group) is 1. The van der Waals surface area contributed by atoms with Crippen LogP contribution in [0.2, 0.25) is 0 Å². The maximum Gasteiger partial charge on any atom is 0.335 e. The Morgan fingerprint density at radius 2 is 1.83 bits per heavy atom. The summed E-state index contributed by atoms with van der Waals surface area (Å²) in [6.45, 7) is 6.22. The van der Waals surface area contributed by atoms with Gasteiger partial charge in [0.15, 0.2) is 0 Å². The summed E-state index contributed by atoms with van der Waals surface area (Å²) in [5, 5.41) is 9.15. The fraction of sp³-hybridized carbons (Fsp3) is 0.533. The largest absolute Gasteiger partial charge is 0.478 e. The first-order valence-electron chi connectivity index (χ1n) is 7.54. The summed E-state index contributed by atoms with van der Waals surface area (Å²) in [6.07, 6.45) is 0. The van der Waals surface area contributed by atoms with Gasteiger partial charge in [0.05, 0.1) is 11.3 Å². The zero-order valence-electron chi connectivity index (χ0n) is 13.7. The van der Waals surface area contributed by atoms with Crippen molar-refractivity contribution in [1.29, 1.82) is 0 Å². The predicted molar refractivity (Wildman–Crippen MR) is 88.6 cm³/mol. The molecule has 1 fully saturated rings. The average molecular weight is 341 g/mol. The summed E-state index contributed by atoms with van der Waals surface area (Å²) >= 11 is 0. The quantitative estimate of drug-likeness (QED) is 0.852. The van der Waals surface area contributed by atoms with Gasteiger partial charge in [-0.05, 0) is 24.7 Å². The Bertz CT molecular complexity index is 680. The average Bonchev–Trinajstić information content (AvgIpc) is 2.54. The summed E-state index contributed by atoms with van der Waals surface area (Å²) in [4.78, 5) is 15.5. The van der Waals surface area contributed by atoms with Crippen molar-refractivity contribution in [2.75, 3.05) is 51.7 Å². The summed E-state index contributed by atoms with van der Waals surface area (Å²) < 4.78 is 26.3. The summed E-state index contributed by atoms with van der Waals surface area (Å²) in [7, 11) is -0.825. The lowest BCUT2D eigenvalue weighted by atomic mass is 10.2. The second-order valence-electron chi connectivity index (χ2n) is 5.70. The zero-order chi connectivity index (χ0) is 17.2. The molecule has 0 spiro atoms. The molecule has 0 atom stereocenters. The number of carboxylic acid groups (broad SMARTS) is 1. The van der Waals surface area contributed by atoms with Crippen LogP contribution in [-0.2, 0) is 10.0 Å². The summed E-state index contributed by atoms with van der Waals surface area (Å²) in [5.74, 6) is -1.14. The van der Waals surface area contributed by atoms with E-state index in [9.17, 15) is 13.2 Å². The standard InChI is InChI=1S/C15H23N3O4S/c1-4-17-7-9-18(10-8-17)13-6-5-12(15(19)20)11-14(13)23(21,22)16(2)3/h5-6,11H,4,7-10H2,1-3H3,(H,19,20). The fourth-order valence-corrected chi connectivity index (χ4v) is 3.75. The first-order chi connectivity index (χ1) is 10.8. The van der Waals surface area contributed by atoms with Crippen molar-refractivity contribution in [1.82, 2.24) is 9.21 Å². The molecular weight excluding hydrogens is 318 g/mol. The molecule has 1 saturated heterocycles. The number of sulfonamides is 1. The van der Waals surface area contributed by atoms with Crippen molar-refractivity contribution in [3.8, 4) is 0 Å². The number of rotatable bonds is 5. The van der Waals surface area contributed by atoms with Crippen molar-refractivity contribution in [3.63, 3.8) is 0 Å². The van der Waals surface area contributed by atoms with Gasteiger partial charge in [-0.25, -0.2) is 17.5 Å². The van der Waals surface area contributed by atoms with E-state index in [2.05, 4.69) is 11.8 Å². The molecule has 1 aliphatic heterocycles. The second-order valence-corrected chi connectivity index (χ2v) is 7.82. The van der Waals surface area contributed by atoms with E-state index < -0.39 is 16.0 Å². The number of nitrogens with zero attached hydrogens (tertiary/aromatic N) is 3. The lowest BCUT2D eigenvalue weighted by Crippen LogP contribution is -2.46. The molecule has 0 amide bonds. The molecule has 0 aliphatic carbocycles. The molecule has 1 heterocycles. The van der Waals surface area contributed by atoms with E-state index >= 15 is 0 Å². The van der Waals surface area contributed by atoms with Crippen LogP contribution in [0.4, 0.5) is 5.69 Å². The highest BCUT2D eigenvalue weighted by Gasteiger charge is 2.27.